The Kier molecular flexibility index (Phi) is 4.71. The lowest BCUT2D eigenvalue weighted by Crippen LogP contribution is -2.41. The molecule has 0 atom stereocenters. The number of piperidine rings is 1. The SMILES string of the molecule is CC1(C)OB(c2ccc(CN3CCC(F)(F)CC3)cc2F)OC1(C)C. The molecular weight excluding hydrogens is 330 g/mol. The fourth-order valence-electron chi connectivity index (χ4n) is 3.13. The number of hydrogen-bond acceptors (Lipinski definition) is 3. The summed E-state index contributed by atoms with van der Waals surface area (Å²) >= 11 is 0. The van der Waals surface area contributed by atoms with Gasteiger partial charge in [-0.2, -0.15) is 0 Å². The van der Waals surface area contributed by atoms with Crippen molar-refractivity contribution in [2.75, 3.05) is 13.1 Å². The van der Waals surface area contributed by atoms with Crippen molar-refractivity contribution in [3.8, 4) is 0 Å². The standard InChI is InChI=1S/C18H25BF3NO2/c1-16(2)17(3,4)25-19(24-16)14-6-5-13(11-15(14)20)12-23-9-7-18(21,22)8-10-23/h5-6,11H,7-10,12H2,1-4H3. The van der Waals surface area contributed by atoms with E-state index in [0.29, 0.717) is 25.1 Å². The summed E-state index contributed by atoms with van der Waals surface area (Å²) in [4.78, 5) is 1.93. The van der Waals surface area contributed by atoms with Gasteiger partial charge in [0.2, 0.25) is 0 Å². The fraction of sp³-hybridized carbons (Fsp3) is 0.667. The molecule has 0 spiro atoms. The molecule has 3 rings (SSSR count). The molecule has 0 saturated carbocycles. The first kappa shape index (κ1) is 18.7. The quantitative estimate of drug-likeness (QED) is 0.777. The van der Waals surface area contributed by atoms with Crippen LogP contribution in [0.15, 0.2) is 18.2 Å². The first-order valence-corrected chi connectivity index (χ1v) is 8.73. The van der Waals surface area contributed by atoms with Crippen LogP contribution in [-0.4, -0.2) is 42.2 Å². The van der Waals surface area contributed by atoms with Crippen LogP contribution in [0, 0.1) is 5.82 Å². The summed E-state index contributed by atoms with van der Waals surface area (Å²) < 4.78 is 52.8. The third kappa shape index (κ3) is 3.88. The monoisotopic (exact) mass is 355 g/mol. The minimum absolute atomic E-state index is 0.137. The summed E-state index contributed by atoms with van der Waals surface area (Å²) in [6, 6.07) is 4.94. The molecule has 2 heterocycles. The summed E-state index contributed by atoms with van der Waals surface area (Å²) in [5.41, 5.74) is 0.0828. The molecule has 0 aliphatic carbocycles. The van der Waals surface area contributed by atoms with Crippen LogP contribution in [0.2, 0.25) is 0 Å². The van der Waals surface area contributed by atoms with Gasteiger partial charge in [-0.05, 0) is 39.3 Å². The molecule has 0 N–H and O–H groups in total. The van der Waals surface area contributed by atoms with E-state index in [-0.39, 0.29) is 12.8 Å². The van der Waals surface area contributed by atoms with Crippen LogP contribution in [-0.2, 0) is 15.9 Å². The number of likely N-dealkylation sites (tertiary alicyclic amines) is 1. The molecule has 7 heteroatoms. The second kappa shape index (κ2) is 6.29. The minimum atomic E-state index is -2.57. The molecule has 138 valence electrons. The van der Waals surface area contributed by atoms with Crippen molar-refractivity contribution < 1.29 is 22.5 Å². The zero-order valence-electron chi connectivity index (χ0n) is 15.2. The van der Waals surface area contributed by atoms with Gasteiger partial charge in [-0.1, -0.05) is 12.1 Å². The third-order valence-electron chi connectivity index (χ3n) is 5.57. The van der Waals surface area contributed by atoms with E-state index in [1.165, 1.54) is 6.07 Å². The predicted molar refractivity (Wildman–Crippen MR) is 91.6 cm³/mol. The number of rotatable bonds is 3. The van der Waals surface area contributed by atoms with E-state index in [0.717, 1.165) is 5.56 Å². The summed E-state index contributed by atoms with van der Waals surface area (Å²) in [5.74, 6) is -2.96. The smallest absolute Gasteiger partial charge is 0.399 e. The van der Waals surface area contributed by atoms with Crippen LogP contribution in [0.4, 0.5) is 13.2 Å². The Morgan fingerprint density at radius 1 is 1.04 bits per heavy atom. The van der Waals surface area contributed by atoms with Crippen LogP contribution in [0.25, 0.3) is 0 Å². The van der Waals surface area contributed by atoms with Gasteiger partial charge in [0.05, 0.1) is 11.2 Å². The zero-order valence-corrected chi connectivity index (χ0v) is 15.2. The highest BCUT2D eigenvalue weighted by molar-refractivity contribution is 6.62. The molecule has 25 heavy (non-hydrogen) atoms. The molecule has 0 bridgehead atoms. The van der Waals surface area contributed by atoms with Crippen molar-refractivity contribution in [3.63, 3.8) is 0 Å². The van der Waals surface area contributed by atoms with Gasteiger partial charge in [0, 0.05) is 37.9 Å². The maximum Gasteiger partial charge on any atom is 0.497 e. The predicted octanol–water partition coefficient (Wildman–Crippen LogP) is 3.36. The highest BCUT2D eigenvalue weighted by Crippen LogP contribution is 2.36. The average molecular weight is 355 g/mol. The number of halogens is 3. The largest absolute Gasteiger partial charge is 0.497 e. The second-order valence-corrected chi connectivity index (χ2v) is 8.08. The Balaban J connectivity index is 1.68. The molecule has 2 fully saturated rings. The van der Waals surface area contributed by atoms with Gasteiger partial charge in [-0.3, -0.25) is 4.90 Å². The Morgan fingerprint density at radius 2 is 1.60 bits per heavy atom. The van der Waals surface area contributed by atoms with E-state index in [4.69, 9.17) is 9.31 Å². The first-order chi connectivity index (χ1) is 11.5. The van der Waals surface area contributed by atoms with Gasteiger partial charge in [0.25, 0.3) is 5.92 Å². The molecule has 1 aromatic rings. The first-order valence-electron chi connectivity index (χ1n) is 8.73. The number of alkyl halides is 2. The maximum absolute atomic E-state index is 14.6. The molecule has 0 amide bonds. The molecule has 0 unspecified atom stereocenters. The number of nitrogens with zero attached hydrogens (tertiary/aromatic N) is 1. The zero-order chi connectivity index (χ0) is 18.5. The molecule has 0 radical (unpaired) electrons. The Labute approximate surface area is 147 Å². The number of benzene rings is 1. The molecule has 2 aliphatic heterocycles. The van der Waals surface area contributed by atoms with Crippen LogP contribution in [0.3, 0.4) is 0 Å². The normalized spacial score (nSPS) is 25.3. The van der Waals surface area contributed by atoms with E-state index in [9.17, 15) is 13.2 Å². The van der Waals surface area contributed by atoms with Crippen molar-refractivity contribution in [3.05, 3.63) is 29.6 Å². The van der Waals surface area contributed by atoms with Crippen LogP contribution >= 0.6 is 0 Å². The van der Waals surface area contributed by atoms with E-state index in [2.05, 4.69) is 0 Å². The summed E-state index contributed by atoms with van der Waals surface area (Å²) in [6.45, 7) is 8.81. The second-order valence-electron chi connectivity index (χ2n) is 8.08. The van der Waals surface area contributed by atoms with E-state index in [1.807, 2.05) is 38.7 Å². The molecule has 2 saturated heterocycles. The van der Waals surface area contributed by atoms with Gasteiger partial charge in [0.1, 0.15) is 5.82 Å². The minimum Gasteiger partial charge on any atom is -0.399 e. The molecular formula is C18H25BF3NO2. The molecule has 3 nitrogen and oxygen atoms in total. The average Bonchev–Trinajstić information content (AvgIpc) is 2.69. The van der Waals surface area contributed by atoms with Gasteiger partial charge < -0.3 is 9.31 Å². The lowest BCUT2D eigenvalue weighted by atomic mass is 9.78. The van der Waals surface area contributed by atoms with E-state index in [1.54, 1.807) is 6.07 Å². The summed E-state index contributed by atoms with van der Waals surface area (Å²) in [7, 11) is -0.743. The maximum atomic E-state index is 14.6. The van der Waals surface area contributed by atoms with Gasteiger partial charge in [0.15, 0.2) is 0 Å². The molecule has 0 aromatic heterocycles. The van der Waals surface area contributed by atoms with Crippen LogP contribution < -0.4 is 5.46 Å². The number of hydrogen-bond donors (Lipinski definition) is 0. The fourth-order valence-corrected chi connectivity index (χ4v) is 3.13. The van der Waals surface area contributed by atoms with Crippen molar-refractivity contribution in [2.24, 2.45) is 0 Å². The van der Waals surface area contributed by atoms with Crippen LogP contribution in [0.1, 0.15) is 46.1 Å². The van der Waals surface area contributed by atoms with Gasteiger partial charge in [-0.15, -0.1) is 0 Å². The van der Waals surface area contributed by atoms with Gasteiger partial charge in [-0.25, -0.2) is 13.2 Å². The van der Waals surface area contributed by atoms with E-state index < -0.39 is 30.1 Å². The third-order valence-corrected chi connectivity index (χ3v) is 5.57. The lowest BCUT2D eigenvalue weighted by molar-refractivity contribution is -0.0566. The summed E-state index contributed by atoms with van der Waals surface area (Å²) in [5, 5.41) is 0. The molecule has 1 aromatic carbocycles. The Morgan fingerprint density at radius 3 is 2.12 bits per heavy atom. The molecule has 2 aliphatic rings. The van der Waals surface area contributed by atoms with Crippen LogP contribution in [0.5, 0.6) is 0 Å². The van der Waals surface area contributed by atoms with E-state index >= 15 is 0 Å². The van der Waals surface area contributed by atoms with Gasteiger partial charge >= 0.3 is 7.12 Å². The van der Waals surface area contributed by atoms with Crippen molar-refractivity contribution in [2.45, 2.75) is 64.2 Å². The Bertz CT molecular complexity index is 625. The van der Waals surface area contributed by atoms with Crippen molar-refractivity contribution in [1.29, 1.82) is 0 Å². The van der Waals surface area contributed by atoms with Crippen molar-refractivity contribution in [1.82, 2.24) is 4.90 Å². The topological polar surface area (TPSA) is 21.7 Å². The lowest BCUT2D eigenvalue weighted by Gasteiger charge is -2.32. The van der Waals surface area contributed by atoms with Crippen molar-refractivity contribution >= 4 is 12.6 Å². The highest BCUT2D eigenvalue weighted by Gasteiger charge is 2.52. The Hall–Kier alpha value is -1.05. The highest BCUT2D eigenvalue weighted by atomic mass is 19.3. The summed E-state index contributed by atoms with van der Waals surface area (Å²) in [6.07, 6.45) is -0.275.